The van der Waals surface area contributed by atoms with E-state index in [1.807, 2.05) is 11.4 Å². The van der Waals surface area contributed by atoms with Crippen molar-refractivity contribution in [3.05, 3.63) is 21.3 Å². The zero-order valence-electron chi connectivity index (χ0n) is 6.46. The van der Waals surface area contributed by atoms with Gasteiger partial charge in [0, 0.05) is 11.6 Å². The lowest BCUT2D eigenvalue weighted by Gasteiger charge is -2.41. The van der Waals surface area contributed by atoms with Gasteiger partial charge in [0.15, 0.2) is 0 Å². The number of halogens is 1. The van der Waals surface area contributed by atoms with Gasteiger partial charge >= 0.3 is 0 Å². The van der Waals surface area contributed by atoms with E-state index < -0.39 is 5.60 Å². The lowest BCUT2D eigenvalue weighted by Crippen LogP contribution is -2.49. The van der Waals surface area contributed by atoms with Crippen molar-refractivity contribution in [3.8, 4) is 0 Å². The smallest absolute Gasteiger partial charge is 0.0989 e. The number of aliphatic hydroxyl groups is 1. The lowest BCUT2D eigenvalue weighted by atomic mass is 9.73. The van der Waals surface area contributed by atoms with Crippen molar-refractivity contribution in [3.63, 3.8) is 0 Å². The quantitative estimate of drug-likeness (QED) is 0.730. The molecule has 66 valence electrons. The van der Waals surface area contributed by atoms with Gasteiger partial charge in [0.2, 0.25) is 0 Å². The highest BCUT2D eigenvalue weighted by molar-refractivity contribution is 7.14. The third kappa shape index (κ3) is 1.17. The Morgan fingerprint density at radius 1 is 1.67 bits per heavy atom. The molecule has 1 aliphatic carbocycles. The fourth-order valence-corrected chi connectivity index (χ4v) is 2.76. The van der Waals surface area contributed by atoms with Gasteiger partial charge in [0.25, 0.3) is 0 Å². The number of nitrogens with two attached hydrogens (primary N) is 1. The Morgan fingerprint density at radius 3 is 2.75 bits per heavy atom. The third-order valence-electron chi connectivity index (χ3n) is 2.32. The van der Waals surface area contributed by atoms with E-state index in [4.69, 9.17) is 17.3 Å². The van der Waals surface area contributed by atoms with E-state index in [-0.39, 0.29) is 6.04 Å². The molecule has 12 heavy (non-hydrogen) atoms. The minimum absolute atomic E-state index is 0.131. The largest absolute Gasteiger partial charge is 0.385 e. The average Bonchev–Trinajstić information content (AvgIpc) is 2.32. The normalized spacial score (nSPS) is 34.8. The minimum Gasteiger partial charge on any atom is -0.385 e. The second-order valence-electron chi connectivity index (χ2n) is 3.31. The Hall–Kier alpha value is -0.0900. The number of hydrogen-bond donors (Lipinski definition) is 2. The van der Waals surface area contributed by atoms with Crippen LogP contribution in [0, 0.1) is 0 Å². The van der Waals surface area contributed by atoms with Crippen molar-refractivity contribution < 1.29 is 5.11 Å². The zero-order valence-corrected chi connectivity index (χ0v) is 8.03. The summed E-state index contributed by atoms with van der Waals surface area (Å²) in [4.78, 5) is 0. The molecule has 0 spiro atoms. The number of thiophene rings is 1. The molecule has 0 amide bonds. The van der Waals surface area contributed by atoms with Gasteiger partial charge in [-0.05, 0) is 24.3 Å². The maximum Gasteiger partial charge on any atom is 0.0989 e. The van der Waals surface area contributed by atoms with Crippen molar-refractivity contribution in [1.82, 2.24) is 0 Å². The first-order valence-corrected chi connectivity index (χ1v) is 5.09. The van der Waals surface area contributed by atoms with Crippen LogP contribution in [0.1, 0.15) is 18.4 Å². The topological polar surface area (TPSA) is 46.2 Å². The van der Waals surface area contributed by atoms with Gasteiger partial charge in [-0.3, -0.25) is 0 Å². The molecular weight excluding hydrogens is 194 g/mol. The standard InChI is InChI=1S/C8H10ClNOS/c9-7-6(1-2-12-7)8(11)3-5(10)4-8/h1-2,5,11H,3-4,10H2. The van der Waals surface area contributed by atoms with Crippen LogP contribution in [0.2, 0.25) is 4.34 Å². The maximum absolute atomic E-state index is 9.96. The Balaban J connectivity index is 2.26. The molecule has 3 N–H and O–H groups in total. The first-order valence-electron chi connectivity index (χ1n) is 3.83. The van der Waals surface area contributed by atoms with Crippen LogP contribution < -0.4 is 5.73 Å². The van der Waals surface area contributed by atoms with Gasteiger partial charge in [-0.2, -0.15) is 0 Å². The molecule has 1 aromatic rings. The van der Waals surface area contributed by atoms with Crippen LogP contribution in [0.3, 0.4) is 0 Å². The van der Waals surface area contributed by atoms with E-state index in [2.05, 4.69) is 0 Å². The summed E-state index contributed by atoms with van der Waals surface area (Å²) < 4.78 is 0.685. The number of hydrogen-bond acceptors (Lipinski definition) is 3. The molecule has 2 nitrogen and oxygen atoms in total. The lowest BCUT2D eigenvalue weighted by molar-refractivity contribution is -0.0518. The number of rotatable bonds is 1. The minimum atomic E-state index is -0.740. The van der Waals surface area contributed by atoms with E-state index in [0.717, 1.165) is 5.56 Å². The Bertz CT molecular complexity index is 293. The average molecular weight is 204 g/mol. The highest BCUT2D eigenvalue weighted by Crippen LogP contribution is 2.44. The molecule has 0 aromatic carbocycles. The summed E-state index contributed by atoms with van der Waals surface area (Å²) in [5.74, 6) is 0. The molecule has 0 atom stereocenters. The van der Waals surface area contributed by atoms with Gasteiger partial charge in [0.1, 0.15) is 0 Å². The monoisotopic (exact) mass is 203 g/mol. The molecule has 1 aliphatic rings. The Kier molecular flexibility index (Phi) is 1.92. The predicted octanol–water partition coefficient (Wildman–Crippen LogP) is 1.71. The van der Waals surface area contributed by atoms with Crippen molar-refractivity contribution in [1.29, 1.82) is 0 Å². The molecule has 0 aliphatic heterocycles. The third-order valence-corrected chi connectivity index (χ3v) is 3.49. The van der Waals surface area contributed by atoms with E-state index >= 15 is 0 Å². The molecule has 2 rings (SSSR count). The van der Waals surface area contributed by atoms with E-state index in [1.165, 1.54) is 11.3 Å². The molecule has 0 bridgehead atoms. The van der Waals surface area contributed by atoms with Crippen LogP contribution in [0.25, 0.3) is 0 Å². The highest BCUT2D eigenvalue weighted by Gasteiger charge is 2.43. The van der Waals surface area contributed by atoms with Crippen molar-refractivity contribution in [2.24, 2.45) is 5.73 Å². The van der Waals surface area contributed by atoms with Crippen LogP contribution in [-0.2, 0) is 5.60 Å². The predicted molar refractivity (Wildman–Crippen MR) is 50.4 cm³/mol. The van der Waals surface area contributed by atoms with Gasteiger partial charge in [-0.15, -0.1) is 11.3 Å². The molecule has 0 radical (unpaired) electrons. The molecule has 1 heterocycles. The summed E-state index contributed by atoms with van der Waals surface area (Å²) in [6.45, 7) is 0. The summed E-state index contributed by atoms with van der Waals surface area (Å²) in [5, 5.41) is 11.9. The van der Waals surface area contributed by atoms with Crippen LogP contribution in [-0.4, -0.2) is 11.1 Å². The molecule has 1 saturated carbocycles. The Morgan fingerprint density at radius 2 is 2.33 bits per heavy atom. The van der Waals surface area contributed by atoms with Gasteiger partial charge in [-0.1, -0.05) is 11.6 Å². The van der Waals surface area contributed by atoms with Crippen LogP contribution >= 0.6 is 22.9 Å². The van der Waals surface area contributed by atoms with E-state index in [9.17, 15) is 5.11 Å². The fourth-order valence-electron chi connectivity index (χ4n) is 1.66. The summed E-state index contributed by atoms with van der Waals surface area (Å²) in [5.41, 5.74) is 5.71. The van der Waals surface area contributed by atoms with E-state index in [0.29, 0.717) is 17.2 Å². The first-order chi connectivity index (χ1) is 5.62. The fraction of sp³-hybridized carbons (Fsp3) is 0.500. The van der Waals surface area contributed by atoms with E-state index in [1.54, 1.807) is 0 Å². The summed E-state index contributed by atoms with van der Waals surface area (Å²) >= 11 is 7.35. The summed E-state index contributed by atoms with van der Waals surface area (Å²) in [6.07, 6.45) is 1.26. The zero-order chi connectivity index (χ0) is 8.77. The summed E-state index contributed by atoms with van der Waals surface area (Å²) in [7, 11) is 0. The van der Waals surface area contributed by atoms with Crippen LogP contribution in [0.4, 0.5) is 0 Å². The molecule has 0 saturated heterocycles. The van der Waals surface area contributed by atoms with Crippen molar-refractivity contribution in [2.75, 3.05) is 0 Å². The van der Waals surface area contributed by atoms with Gasteiger partial charge < -0.3 is 10.8 Å². The van der Waals surface area contributed by atoms with Gasteiger partial charge in [0.05, 0.1) is 9.94 Å². The molecular formula is C8H10ClNOS. The SMILES string of the molecule is NC1CC(O)(c2ccsc2Cl)C1. The Labute approximate surface area is 80.0 Å². The second-order valence-corrected chi connectivity index (χ2v) is 4.83. The van der Waals surface area contributed by atoms with Crippen molar-refractivity contribution in [2.45, 2.75) is 24.5 Å². The molecule has 1 fully saturated rings. The molecule has 1 aromatic heterocycles. The summed E-state index contributed by atoms with van der Waals surface area (Å²) in [6, 6.07) is 2.00. The van der Waals surface area contributed by atoms with Crippen molar-refractivity contribution >= 4 is 22.9 Å². The maximum atomic E-state index is 9.96. The van der Waals surface area contributed by atoms with Crippen LogP contribution in [0.15, 0.2) is 11.4 Å². The molecule has 0 unspecified atom stereocenters. The van der Waals surface area contributed by atoms with Crippen LogP contribution in [0.5, 0.6) is 0 Å². The van der Waals surface area contributed by atoms with Gasteiger partial charge in [-0.25, -0.2) is 0 Å². The highest BCUT2D eigenvalue weighted by atomic mass is 35.5. The molecule has 4 heteroatoms. The second kappa shape index (κ2) is 2.70. The first kappa shape index (κ1) is 8.51.